The van der Waals surface area contributed by atoms with Crippen molar-refractivity contribution < 1.29 is 22.7 Å². The first-order valence-electron chi connectivity index (χ1n) is 5.48. The van der Waals surface area contributed by atoms with Crippen molar-refractivity contribution in [2.45, 2.75) is 6.61 Å². The maximum atomic E-state index is 13.5. The summed E-state index contributed by atoms with van der Waals surface area (Å²) >= 11 is 0. The van der Waals surface area contributed by atoms with Gasteiger partial charge in [-0.25, -0.2) is 18.0 Å². The Morgan fingerprint density at radius 3 is 2.60 bits per heavy atom. The van der Waals surface area contributed by atoms with Crippen LogP contribution in [0.5, 0.6) is 0 Å². The molecule has 2 rings (SSSR count). The summed E-state index contributed by atoms with van der Waals surface area (Å²) in [5, 5.41) is 0. The second-order valence-corrected chi connectivity index (χ2v) is 3.94. The fourth-order valence-corrected chi connectivity index (χ4v) is 1.48. The summed E-state index contributed by atoms with van der Waals surface area (Å²) in [6.45, 7) is -0.310. The molecule has 1 aromatic heterocycles. The van der Waals surface area contributed by atoms with Crippen LogP contribution in [0.1, 0.15) is 15.9 Å². The number of pyridine rings is 1. The van der Waals surface area contributed by atoms with Gasteiger partial charge in [-0.1, -0.05) is 0 Å². The van der Waals surface area contributed by atoms with Gasteiger partial charge in [-0.2, -0.15) is 0 Å². The highest BCUT2D eigenvalue weighted by Crippen LogP contribution is 2.18. The number of anilines is 1. The van der Waals surface area contributed by atoms with Gasteiger partial charge >= 0.3 is 5.97 Å². The Hall–Kier alpha value is -2.57. The van der Waals surface area contributed by atoms with E-state index in [1.165, 1.54) is 6.20 Å². The highest BCUT2D eigenvalue weighted by molar-refractivity contribution is 5.90. The number of nitrogen functional groups attached to an aromatic ring is 1. The van der Waals surface area contributed by atoms with E-state index in [-0.39, 0.29) is 12.2 Å². The number of aromatic nitrogens is 1. The smallest absolute Gasteiger partial charge is 0.341 e. The van der Waals surface area contributed by atoms with Crippen LogP contribution in [0.15, 0.2) is 30.6 Å². The van der Waals surface area contributed by atoms with Gasteiger partial charge < -0.3 is 10.5 Å². The average Bonchev–Trinajstić information content (AvgIpc) is 2.40. The SMILES string of the molecule is Nc1cc(F)c(C(=O)OCc2cncc(F)c2)cc1F. The van der Waals surface area contributed by atoms with E-state index in [1.807, 2.05) is 0 Å². The van der Waals surface area contributed by atoms with E-state index in [1.54, 1.807) is 0 Å². The highest BCUT2D eigenvalue weighted by atomic mass is 19.1. The Morgan fingerprint density at radius 2 is 1.90 bits per heavy atom. The van der Waals surface area contributed by atoms with Crippen LogP contribution in [0.4, 0.5) is 18.9 Å². The Labute approximate surface area is 112 Å². The minimum absolute atomic E-state index is 0.287. The topological polar surface area (TPSA) is 65.2 Å². The van der Waals surface area contributed by atoms with E-state index in [0.717, 1.165) is 12.3 Å². The molecule has 0 amide bonds. The summed E-state index contributed by atoms with van der Waals surface area (Å²) in [6, 6.07) is 2.45. The monoisotopic (exact) mass is 282 g/mol. The molecule has 0 unspecified atom stereocenters. The summed E-state index contributed by atoms with van der Waals surface area (Å²) in [6.07, 6.45) is 2.27. The Morgan fingerprint density at radius 1 is 1.15 bits per heavy atom. The van der Waals surface area contributed by atoms with Gasteiger partial charge in [0.15, 0.2) is 0 Å². The van der Waals surface area contributed by atoms with Crippen LogP contribution in [0.3, 0.4) is 0 Å². The molecule has 1 heterocycles. The lowest BCUT2D eigenvalue weighted by molar-refractivity contribution is 0.0466. The van der Waals surface area contributed by atoms with E-state index >= 15 is 0 Å². The van der Waals surface area contributed by atoms with Crippen LogP contribution in [-0.4, -0.2) is 11.0 Å². The molecule has 0 spiro atoms. The number of hydrogen-bond donors (Lipinski definition) is 1. The van der Waals surface area contributed by atoms with Crippen LogP contribution >= 0.6 is 0 Å². The first-order chi connectivity index (χ1) is 9.47. The van der Waals surface area contributed by atoms with Gasteiger partial charge in [0, 0.05) is 17.8 Å². The van der Waals surface area contributed by atoms with E-state index in [4.69, 9.17) is 10.5 Å². The zero-order valence-electron chi connectivity index (χ0n) is 10.1. The molecule has 0 atom stereocenters. The maximum Gasteiger partial charge on any atom is 0.341 e. The predicted molar refractivity (Wildman–Crippen MR) is 64.1 cm³/mol. The van der Waals surface area contributed by atoms with E-state index < -0.39 is 34.7 Å². The third-order valence-electron chi connectivity index (χ3n) is 2.44. The van der Waals surface area contributed by atoms with Crippen molar-refractivity contribution in [1.29, 1.82) is 0 Å². The van der Waals surface area contributed by atoms with Crippen molar-refractivity contribution in [3.05, 3.63) is 59.2 Å². The molecule has 2 N–H and O–H groups in total. The summed E-state index contributed by atoms with van der Waals surface area (Å²) in [5.74, 6) is -3.59. The number of nitrogens with two attached hydrogens (primary N) is 1. The number of benzene rings is 1. The van der Waals surface area contributed by atoms with Crippen LogP contribution < -0.4 is 5.73 Å². The lowest BCUT2D eigenvalue weighted by Crippen LogP contribution is -2.09. The molecule has 0 saturated carbocycles. The van der Waals surface area contributed by atoms with Gasteiger partial charge in [0.1, 0.15) is 24.1 Å². The molecule has 1 aromatic carbocycles. The van der Waals surface area contributed by atoms with Gasteiger partial charge in [0.2, 0.25) is 0 Å². The van der Waals surface area contributed by atoms with E-state index in [0.29, 0.717) is 12.1 Å². The molecule has 0 aliphatic rings. The molecule has 20 heavy (non-hydrogen) atoms. The Bertz CT molecular complexity index is 662. The zero-order chi connectivity index (χ0) is 14.7. The van der Waals surface area contributed by atoms with Crippen LogP contribution in [0.2, 0.25) is 0 Å². The molecule has 0 fully saturated rings. The molecule has 4 nitrogen and oxygen atoms in total. The van der Waals surface area contributed by atoms with Crippen LogP contribution in [0.25, 0.3) is 0 Å². The molecule has 0 radical (unpaired) electrons. The first-order valence-corrected chi connectivity index (χ1v) is 5.48. The molecule has 0 aliphatic carbocycles. The third-order valence-corrected chi connectivity index (χ3v) is 2.44. The fraction of sp³-hybridized carbons (Fsp3) is 0.0769. The number of rotatable bonds is 3. The molecular weight excluding hydrogens is 273 g/mol. The van der Waals surface area contributed by atoms with Crippen LogP contribution in [-0.2, 0) is 11.3 Å². The summed E-state index contributed by atoms with van der Waals surface area (Å²) in [7, 11) is 0. The molecule has 2 aromatic rings. The van der Waals surface area contributed by atoms with Gasteiger partial charge in [-0.05, 0) is 12.1 Å². The molecule has 0 bridgehead atoms. The fourth-order valence-electron chi connectivity index (χ4n) is 1.48. The number of ether oxygens (including phenoxy) is 1. The lowest BCUT2D eigenvalue weighted by Gasteiger charge is -2.07. The van der Waals surface area contributed by atoms with E-state index in [9.17, 15) is 18.0 Å². The number of carbonyl (C=O) groups excluding carboxylic acids is 1. The number of carbonyl (C=O) groups is 1. The second-order valence-electron chi connectivity index (χ2n) is 3.94. The molecular formula is C13H9F3N2O2. The molecule has 0 saturated heterocycles. The quantitative estimate of drug-likeness (QED) is 0.693. The van der Waals surface area contributed by atoms with Crippen LogP contribution in [0, 0.1) is 17.5 Å². The zero-order valence-corrected chi connectivity index (χ0v) is 10.1. The largest absolute Gasteiger partial charge is 0.457 e. The number of hydrogen-bond acceptors (Lipinski definition) is 4. The minimum atomic E-state index is -1.08. The third kappa shape index (κ3) is 3.05. The van der Waals surface area contributed by atoms with E-state index in [2.05, 4.69) is 4.98 Å². The van der Waals surface area contributed by atoms with Crippen molar-refractivity contribution in [1.82, 2.24) is 4.98 Å². The molecule has 7 heteroatoms. The summed E-state index contributed by atoms with van der Waals surface area (Å²) in [5.41, 5.74) is 4.45. The summed E-state index contributed by atoms with van der Waals surface area (Å²) in [4.78, 5) is 15.2. The second kappa shape index (κ2) is 5.60. The number of esters is 1. The predicted octanol–water partition coefficient (Wildman–Crippen LogP) is 2.44. The normalized spacial score (nSPS) is 10.3. The van der Waals surface area contributed by atoms with Crippen molar-refractivity contribution in [2.75, 3.05) is 5.73 Å². The van der Waals surface area contributed by atoms with Gasteiger partial charge in [-0.3, -0.25) is 4.98 Å². The minimum Gasteiger partial charge on any atom is -0.457 e. The number of halogens is 3. The summed E-state index contributed by atoms with van der Waals surface area (Å²) < 4.78 is 44.2. The number of nitrogens with zero attached hydrogens (tertiary/aromatic N) is 1. The molecule has 0 aliphatic heterocycles. The molecule has 104 valence electrons. The standard InChI is InChI=1S/C13H9F3N2O2/c14-8-1-7(4-18-5-8)6-20-13(19)9-2-11(16)12(17)3-10(9)15/h1-5H,6,17H2. The Kier molecular flexibility index (Phi) is 3.88. The lowest BCUT2D eigenvalue weighted by atomic mass is 10.2. The van der Waals surface area contributed by atoms with Gasteiger partial charge in [0.25, 0.3) is 0 Å². The van der Waals surface area contributed by atoms with Crippen molar-refractivity contribution in [2.24, 2.45) is 0 Å². The van der Waals surface area contributed by atoms with Crippen molar-refractivity contribution in [3.63, 3.8) is 0 Å². The first kappa shape index (κ1) is 13.9. The Balaban J connectivity index is 2.11. The highest BCUT2D eigenvalue weighted by Gasteiger charge is 2.16. The maximum absolute atomic E-state index is 13.5. The van der Waals surface area contributed by atoms with Gasteiger partial charge in [0.05, 0.1) is 17.4 Å². The van der Waals surface area contributed by atoms with Crippen molar-refractivity contribution in [3.8, 4) is 0 Å². The average molecular weight is 282 g/mol. The van der Waals surface area contributed by atoms with Crippen molar-refractivity contribution >= 4 is 11.7 Å². The van der Waals surface area contributed by atoms with Gasteiger partial charge in [-0.15, -0.1) is 0 Å².